The van der Waals surface area contributed by atoms with Crippen LogP contribution >= 0.6 is 0 Å². The Balaban J connectivity index is 2.34. The Morgan fingerprint density at radius 2 is 1.91 bits per heavy atom. The maximum absolute atomic E-state index is 11.2. The molecule has 0 aromatic heterocycles. The lowest BCUT2D eigenvalue weighted by Crippen LogP contribution is -2.43. The average Bonchev–Trinajstić information content (AvgIpc) is 2.45. The van der Waals surface area contributed by atoms with E-state index in [1.807, 2.05) is 6.92 Å². The highest BCUT2D eigenvalue weighted by Gasteiger charge is 2.09. The maximum atomic E-state index is 11.2. The van der Waals surface area contributed by atoms with Gasteiger partial charge in [0.05, 0.1) is 5.75 Å². The standard InChI is InChI=1S/C16H27N3O2S/c1-13-5-7-15(8-6-13)9-11-18-16(17-3)19-14(2)10-12-22(4,20)21/h5-8,14H,9-12H2,1-4H3,(H2,17,18,19). The maximum Gasteiger partial charge on any atom is 0.191 e. The zero-order valence-electron chi connectivity index (χ0n) is 13.9. The third-order valence-electron chi connectivity index (χ3n) is 3.36. The van der Waals surface area contributed by atoms with Crippen LogP contribution in [0.25, 0.3) is 0 Å². The molecule has 0 saturated carbocycles. The first-order chi connectivity index (χ1) is 10.3. The van der Waals surface area contributed by atoms with Crippen LogP contribution in [0.2, 0.25) is 0 Å². The summed E-state index contributed by atoms with van der Waals surface area (Å²) in [6, 6.07) is 8.52. The van der Waals surface area contributed by atoms with Gasteiger partial charge in [-0.2, -0.15) is 0 Å². The molecular weight excluding hydrogens is 298 g/mol. The van der Waals surface area contributed by atoms with Gasteiger partial charge in [0, 0.05) is 25.9 Å². The number of nitrogens with zero attached hydrogens (tertiary/aromatic N) is 1. The van der Waals surface area contributed by atoms with Crippen molar-refractivity contribution >= 4 is 15.8 Å². The molecule has 0 aliphatic carbocycles. The van der Waals surface area contributed by atoms with E-state index >= 15 is 0 Å². The average molecular weight is 325 g/mol. The van der Waals surface area contributed by atoms with Crippen LogP contribution < -0.4 is 10.6 Å². The zero-order chi connectivity index (χ0) is 16.6. The molecule has 0 bridgehead atoms. The van der Waals surface area contributed by atoms with Crippen molar-refractivity contribution < 1.29 is 8.42 Å². The van der Waals surface area contributed by atoms with Gasteiger partial charge >= 0.3 is 0 Å². The van der Waals surface area contributed by atoms with Crippen molar-refractivity contribution in [3.8, 4) is 0 Å². The fourth-order valence-corrected chi connectivity index (χ4v) is 2.75. The van der Waals surface area contributed by atoms with E-state index in [0.717, 1.165) is 13.0 Å². The van der Waals surface area contributed by atoms with Gasteiger partial charge in [-0.3, -0.25) is 4.99 Å². The van der Waals surface area contributed by atoms with Crippen molar-refractivity contribution in [2.45, 2.75) is 32.7 Å². The number of hydrogen-bond acceptors (Lipinski definition) is 3. The summed E-state index contributed by atoms with van der Waals surface area (Å²) in [5, 5.41) is 6.46. The molecule has 6 heteroatoms. The van der Waals surface area contributed by atoms with Crippen molar-refractivity contribution in [3.05, 3.63) is 35.4 Å². The minimum atomic E-state index is -2.92. The number of sulfone groups is 1. The molecule has 0 heterocycles. The molecule has 0 saturated heterocycles. The smallest absolute Gasteiger partial charge is 0.191 e. The molecule has 0 spiro atoms. The Morgan fingerprint density at radius 1 is 1.27 bits per heavy atom. The second-order valence-corrected chi connectivity index (χ2v) is 7.96. The third-order valence-corrected chi connectivity index (χ3v) is 4.33. The van der Waals surface area contributed by atoms with Crippen molar-refractivity contribution in [3.63, 3.8) is 0 Å². The highest BCUT2D eigenvalue weighted by molar-refractivity contribution is 7.90. The normalized spacial score (nSPS) is 13.7. The molecule has 0 radical (unpaired) electrons. The summed E-state index contributed by atoms with van der Waals surface area (Å²) in [7, 11) is -1.21. The SMILES string of the molecule is CN=C(NCCc1ccc(C)cc1)NC(C)CCS(C)(=O)=O. The first-order valence-corrected chi connectivity index (χ1v) is 9.56. The molecule has 0 amide bonds. The van der Waals surface area contributed by atoms with Gasteiger partial charge in [-0.05, 0) is 32.3 Å². The van der Waals surface area contributed by atoms with Crippen LogP contribution in [0.5, 0.6) is 0 Å². The largest absolute Gasteiger partial charge is 0.356 e. The van der Waals surface area contributed by atoms with Crippen molar-refractivity contribution in [1.82, 2.24) is 10.6 Å². The van der Waals surface area contributed by atoms with Gasteiger partial charge in [-0.15, -0.1) is 0 Å². The Bertz CT molecular complexity index is 580. The lowest BCUT2D eigenvalue weighted by molar-refractivity contribution is 0.581. The van der Waals surface area contributed by atoms with E-state index < -0.39 is 9.84 Å². The van der Waals surface area contributed by atoms with Gasteiger partial charge in [-0.1, -0.05) is 29.8 Å². The second kappa shape index (κ2) is 8.78. The summed E-state index contributed by atoms with van der Waals surface area (Å²) in [4.78, 5) is 4.16. The quantitative estimate of drug-likeness (QED) is 0.589. The molecule has 5 nitrogen and oxygen atoms in total. The minimum absolute atomic E-state index is 0.0558. The molecule has 1 atom stereocenters. The topological polar surface area (TPSA) is 70.6 Å². The molecule has 0 fully saturated rings. The van der Waals surface area contributed by atoms with Gasteiger partial charge in [0.25, 0.3) is 0 Å². The van der Waals surface area contributed by atoms with Crippen LogP contribution in [0.1, 0.15) is 24.5 Å². The minimum Gasteiger partial charge on any atom is -0.356 e. The molecule has 1 unspecified atom stereocenters. The Kier molecular flexibility index (Phi) is 7.38. The van der Waals surface area contributed by atoms with Gasteiger partial charge < -0.3 is 10.6 Å². The summed E-state index contributed by atoms with van der Waals surface area (Å²) >= 11 is 0. The van der Waals surface area contributed by atoms with Crippen LogP contribution in [0.3, 0.4) is 0 Å². The van der Waals surface area contributed by atoms with E-state index in [9.17, 15) is 8.42 Å². The van der Waals surface area contributed by atoms with E-state index in [4.69, 9.17) is 0 Å². The van der Waals surface area contributed by atoms with Crippen molar-refractivity contribution in [2.75, 3.05) is 25.6 Å². The van der Waals surface area contributed by atoms with Gasteiger partial charge in [0.1, 0.15) is 9.84 Å². The van der Waals surface area contributed by atoms with Crippen LogP contribution in [-0.4, -0.2) is 46.0 Å². The highest BCUT2D eigenvalue weighted by Crippen LogP contribution is 2.03. The number of hydrogen-bond donors (Lipinski definition) is 2. The molecule has 22 heavy (non-hydrogen) atoms. The Morgan fingerprint density at radius 3 is 2.45 bits per heavy atom. The van der Waals surface area contributed by atoms with Crippen LogP contribution in [0.4, 0.5) is 0 Å². The molecule has 1 aromatic rings. The fraction of sp³-hybridized carbons (Fsp3) is 0.562. The van der Waals surface area contributed by atoms with E-state index in [1.54, 1.807) is 7.05 Å². The number of guanidine groups is 1. The molecule has 1 rings (SSSR count). The Hall–Kier alpha value is -1.56. The number of nitrogens with one attached hydrogen (secondary N) is 2. The van der Waals surface area contributed by atoms with Crippen molar-refractivity contribution in [2.24, 2.45) is 4.99 Å². The van der Waals surface area contributed by atoms with Crippen LogP contribution in [0, 0.1) is 6.92 Å². The third kappa shape index (κ3) is 8.02. The molecular formula is C16H27N3O2S. The van der Waals surface area contributed by atoms with Crippen LogP contribution in [-0.2, 0) is 16.3 Å². The van der Waals surface area contributed by atoms with Gasteiger partial charge in [0.15, 0.2) is 5.96 Å². The van der Waals surface area contributed by atoms with E-state index in [1.165, 1.54) is 17.4 Å². The summed E-state index contributed by atoms with van der Waals surface area (Å²) in [6.45, 7) is 4.81. The van der Waals surface area contributed by atoms with Gasteiger partial charge in [-0.25, -0.2) is 8.42 Å². The summed E-state index contributed by atoms with van der Waals surface area (Å²) in [5.74, 6) is 0.884. The number of aryl methyl sites for hydroxylation is 1. The molecule has 124 valence electrons. The molecule has 1 aromatic carbocycles. The van der Waals surface area contributed by atoms with Crippen LogP contribution in [0.15, 0.2) is 29.3 Å². The number of aliphatic imine (C=N–C) groups is 1. The first-order valence-electron chi connectivity index (χ1n) is 7.50. The predicted molar refractivity (Wildman–Crippen MR) is 93.2 cm³/mol. The molecule has 2 N–H and O–H groups in total. The molecule has 0 aliphatic heterocycles. The summed E-state index contributed by atoms with van der Waals surface area (Å²) in [5.41, 5.74) is 2.53. The van der Waals surface area contributed by atoms with Gasteiger partial charge in [0.2, 0.25) is 0 Å². The van der Waals surface area contributed by atoms with Crippen molar-refractivity contribution in [1.29, 1.82) is 0 Å². The first kappa shape index (κ1) is 18.5. The summed E-state index contributed by atoms with van der Waals surface area (Å²) < 4.78 is 22.3. The fourth-order valence-electron chi connectivity index (χ4n) is 1.97. The zero-order valence-corrected chi connectivity index (χ0v) is 14.7. The lowest BCUT2D eigenvalue weighted by atomic mass is 10.1. The second-order valence-electron chi connectivity index (χ2n) is 5.70. The molecule has 0 aliphatic rings. The number of rotatable bonds is 7. The van der Waals surface area contributed by atoms with E-state index in [-0.39, 0.29) is 11.8 Å². The Labute approximate surface area is 134 Å². The summed E-state index contributed by atoms with van der Waals surface area (Å²) in [6.07, 6.45) is 2.74. The lowest BCUT2D eigenvalue weighted by Gasteiger charge is -2.17. The number of benzene rings is 1. The predicted octanol–water partition coefficient (Wildman–Crippen LogP) is 1.53. The van der Waals surface area contributed by atoms with E-state index in [2.05, 4.69) is 46.8 Å². The highest BCUT2D eigenvalue weighted by atomic mass is 32.2. The monoisotopic (exact) mass is 325 g/mol. The van der Waals surface area contributed by atoms with E-state index in [0.29, 0.717) is 12.4 Å².